The maximum Gasteiger partial charge on any atom is 0.233 e. The van der Waals surface area contributed by atoms with Crippen molar-refractivity contribution in [3.63, 3.8) is 0 Å². The number of hydrogen-bond acceptors (Lipinski definition) is 2. The minimum absolute atomic E-state index is 0.123. The third-order valence-corrected chi connectivity index (χ3v) is 1.75. The molecule has 1 aliphatic rings. The first-order valence-electron chi connectivity index (χ1n) is 3.73. The van der Waals surface area contributed by atoms with Crippen LogP contribution in [0.4, 0.5) is 0 Å². The fourth-order valence-electron chi connectivity index (χ4n) is 1.14. The van der Waals surface area contributed by atoms with Crippen molar-refractivity contribution in [3.8, 4) is 0 Å². The fourth-order valence-corrected chi connectivity index (χ4v) is 1.14. The van der Waals surface area contributed by atoms with E-state index in [4.69, 9.17) is 0 Å². The number of carbonyl (C=O) groups is 2. The molecule has 1 aliphatic heterocycles. The Kier molecular flexibility index (Phi) is 2.41. The van der Waals surface area contributed by atoms with Gasteiger partial charge in [-0.2, -0.15) is 0 Å². The average molecular weight is 153 g/mol. The first-order valence-corrected chi connectivity index (χ1v) is 3.73. The highest BCUT2D eigenvalue weighted by atomic mass is 16.2. The van der Waals surface area contributed by atoms with Gasteiger partial charge in [0, 0.05) is 19.0 Å². The zero-order chi connectivity index (χ0) is 8.27. The largest absolute Gasteiger partial charge is 0.274 e. The van der Waals surface area contributed by atoms with Crippen molar-refractivity contribution in [3.05, 3.63) is 12.8 Å². The van der Waals surface area contributed by atoms with Crippen LogP contribution in [0, 0.1) is 0 Å². The number of amides is 2. The predicted molar refractivity (Wildman–Crippen MR) is 40.5 cm³/mol. The topological polar surface area (TPSA) is 37.4 Å². The van der Waals surface area contributed by atoms with E-state index >= 15 is 0 Å². The zero-order valence-electron chi connectivity index (χ0n) is 6.38. The van der Waals surface area contributed by atoms with E-state index in [1.54, 1.807) is 0 Å². The van der Waals surface area contributed by atoms with Crippen LogP contribution in [0.1, 0.15) is 25.7 Å². The molecule has 1 fully saturated rings. The third-order valence-electron chi connectivity index (χ3n) is 1.75. The first-order chi connectivity index (χ1) is 5.25. The van der Waals surface area contributed by atoms with Gasteiger partial charge in [0.15, 0.2) is 0 Å². The molecule has 0 atom stereocenters. The Labute approximate surface area is 65.7 Å². The molecule has 0 saturated carbocycles. The van der Waals surface area contributed by atoms with Gasteiger partial charge in [0.05, 0.1) is 0 Å². The molecule has 0 N–H and O–H groups in total. The zero-order valence-corrected chi connectivity index (χ0v) is 6.38. The molecule has 1 heterocycles. The van der Waals surface area contributed by atoms with E-state index in [0.717, 1.165) is 17.7 Å². The van der Waals surface area contributed by atoms with Crippen LogP contribution in [-0.4, -0.2) is 16.7 Å². The van der Waals surface area contributed by atoms with Gasteiger partial charge in [-0.15, -0.1) is 0 Å². The van der Waals surface area contributed by atoms with Gasteiger partial charge in [-0.3, -0.25) is 14.5 Å². The molecule has 0 bridgehead atoms. The van der Waals surface area contributed by atoms with Crippen LogP contribution in [0.3, 0.4) is 0 Å². The molecule has 0 unspecified atom stereocenters. The van der Waals surface area contributed by atoms with E-state index in [9.17, 15) is 9.59 Å². The number of imide groups is 1. The lowest BCUT2D eigenvalue weighted by Gasteiger charge is -2.11. The molecule has 1 saturated heterocycles. The van der Waals surface area contributed by atoms with Gasteiger partial charge >= 0.3 is 0 Å². The van der Waals surface area contributed by atoms with E-state index < -0.39 is 0 Å². The highest BCUT2D eigenvalue weighted by Gasteiger charge is 2.20. The van der Waals surface area contributed by atoms with Crippen molar-refractivity contribution in [1.29, 1.82) is 0 Å². The van der Waals surface area contributed by atoms with E-state index in [0.29, 0.717) is 12.8 Å². The van der Waals surface area contributed by atoms with E-state index in [1.165, 1.54) is 6.20 Å². The van der Waals surface area contributed by atoms with Crippen molar-refractivity contribution < 1.29 is 9.59 Å². The Bertz CT molecular complexity index is 180. The molecule has 3 heteroatoms. The monoisotopic (exact) mass is 153 g/mol. The van der Waals surface area contributed by atoms with Crippen LogP contribution >= 0.6 is 0 Å². The number of hydrogen-bond donors (Lipinski definition) is 0. The van der Waals surface area contributed by atoms with Crippen LogP contribution in [0.2, 0.25) is 0 Å². The average Bonchev–Trinajstić information content (AvgIpc) is 2.12. The lowest BCUT2D eigenvalue weighted by molar-refractivity contribution is -0.140. The first kappa shape index (κ1) is 7.98. The van der Waals surface area contributed by atoms with Crippen LogP contribution in [-0.2, 0) is 9.59 Å². The van der Waals surface area contributed by atoms with E-state index in [1.807, 2.05) is 0 Å². The molecule has 1 rings (SSSR count). The Morgan fingerprint density at radius 3 is 2.00 bits per heavy atom. The molecule has 0 radical (unpaired) electrons. The lowest BCUT2D eigenvalue weighted by Crippen LogP contribution is -2.29. The minimum atomic E-state index is -0.123. The number of rotatable bonds is 1. The SMILES string of the molecule is C=CN1C(=O)CCCCC1=O. The quantitative estimate of drug-likeness (QED) is 0.528. The second-order valence-corrected chi connectivity index (χ2v) is 2.55. The van der Waals surface area contributed by atoms with Crippen molar-refractivity contribution in [2.24, 2.45) is 0 Å². The van der Waals surface area contributed by atoms with Crippen LogP contribution < -0.4 is 0 Å². The second kappa shape index (κ2) is 3.32. The Morgan fingerprint density at radius 1 is 1.18 bits per heavy atom. The summed E-state index contributed by atoms with van der Waals surface area (Å²) >= 11 is 0. The molecular weight excluding hydrogens is 142 g/mol. The summed E-state index contributed by atoms with van der Waals surface area (Å²) in [5, 5.41) is 0. The Balaban J connectivity index is 2.74. The number of carbonyl (C=O) groups excluding carboxylic acids is 2. The number of nitrogens with zero attached hydrogens (tertiary/aromatic N) is 1. The molecule has 0 aliphatic carbocycles. The minimum Gasteiger partial charge on any atom is -0.274 e. The summed E-state index contributed by atoms with van der Waals surface area (Å²) in [6.07, 6.45) is 3.87. The molecule has 0 aromatic heterocycles. The predicted octanol–water partition coefficient (Wildman–Crippen LogP) is 1.06. The standard InChI is InChI=1S/C8H11NO2/c1-2-9-7(10)5-3-4-6-8(9)11/h2H,1,3-6H2. The van der Waals surface area contributed by atoms with Gasteiger partial charge in [0.1, 0.15) is 0 Å². The van der Waals surface area contributed by atoms with Crippen molar-refractivity contribution >= 4 is 11.8 Å². The third kappa shape index (κ3) is 1.67. The molecule has 2 amide bonds. The maximum absolute atomic E-state index is 11.1. The fraction of sp³-hybridized carbons (Fsp3) is 0.500. The van der Waals surface area contributed by atoms with Gasteiger partial charge < -0.3 is 0 Å². The van der Waals surface area contributed by atoms with Crippen LogP contribution in [0.25, 0.3) is 0 Å². The molecule has 11 heavy (non-hydrogen) atoms. The summed E-state index contributed by atoms with van der Waals surface area (Å²) in [5.74, 6) is -0.245. The van der Waals surface area contributed by atoms with E-state index in [2.05, 4.69) is 6.58 Å². The van der Waals surface area contributed by atoms with Gasteiger partial charge in [0.2, 0.25) is 11.8 Å². The second-order valence-electron chi connectivity index (χ2n) is 2.55. The van der Waals surface area contributed by atoms with Gasteiger partial charge in [-0.1, -0.05) is 6.58 Å². The van der Waals surface area contributed by atoms with Crippen LogP contribution in [0.5, 0.6) is 0 Å². The van der Waals surface area contributed by atoms with Crippen LogP contribution in [0.15, 0.2) is 12.8 Å². The molecular formula is C8H11NO2. The smallest absolute Gasteiger partial charge is 0.233 e. The van der Waals surface area contributed by atoms with Crippen molar-refractivity contribution in [2.45, 2.75) is 25.7 Å². The number of likely N-dealkylation sites (tertiary alicyclic amines) is 1. The Hall–Kier alpha value is -1.12. The van der Waals surface area contributed by atoms with Gasteiger partial charge in [-0.05, 0) is 12.8 Å². The van der Waals surface area contributed by atoms with Crippen molar-refractivity contribution in [2.75, 3.05) is 0 Å². The highest BCUT2D eigenvalue weighted by Crippen LogP contribution is 2.11. The van der Waals surface area contributed by atoms with Gasteiger partial charge in [0.25, 0.3) is 0 Å². The summed E-state index contributed by atoms with van der Waals surface area (Å²) in [5.41, 5.74) is 0. The van der Waals surface area contributed by atoms with Crippen molar-refractivity contribution in [1.82, 2.24) is 4.90 Å². The summed E-state index contributed by atoms with van der Waals surface area (Å²) in [7, 11) is 0. The molecule has 0 aromatic carbocycles. The van der Waals surface area contributed by atoms with Gasteiger partial charge in [-0.25, -0.2) is 0 Å². The summed E-state index contributed by atoms with van der Waals surface area (Å²) in [4.78, 5) is 23.3. The highest BCUT2D eigenvalue weighted by molar-refractivity contribution is 5.97. The van der Waals surface area contributed by atoms with E-state index in [-0.39, 0.29) is 11.8 Å². The lowest BCUT2D eigenvalue weighted by atomic mass is 10.2. The summed E-state index contributed by atoms with van der Waals surface area (Å²) in [6.45, 7) is 3.41. The summed E-state index contributed by atoms with van der Waals surface area (Å²) in [6, 6.07) is 0. The maximum atomic E-state index is 11.1. The molecule has 60 valence electrons. The summed E-state index contributed by atoms with van der Waals surface area (Å²) < 4.78 is 0. The molecule has 0 spiro atoms. The molecule has 3 nitrogen and oxygen atoms in total. The Morgan fingerprint density at radius 2 is 1.64 bits per heavy atom. The normalized spacial score (nSPS) is 19.8. The molecule has 0 aromatic rings.